The fourth-order valence-corrected chi connectivity index (χ4v) is 4.87. The van der Waals surface area contributed by atoms with Gasteiger partial charge in [-0.25, -0.2) is 13.4 Å². The summed E-state index contributed by atoms with van der Waals surface area (Å²) < 4.78 is 39.2. The van der Waals surface area contributed by atoms with Crippen molar-refractivity contribution in [3.63, 3.8) is 0 Å². The predicted octanol–water partition coefficient (Wildman–Crippen LogP) is 2.21. The smallest absolute Gasteiger partial charge is 0.414 e. The van der Waals surface area contributed by atoms with Crippen molar-refractivity contribution in [1.29, 1.82) is 4.78 Å². The molecule has 3 rings (SSSR count). The molecule has 0 radical (unpaired) electrons. The highest BCUT2D eigenvalue weighted by molar-refractivity contribution is 7.92. The molecular weight excluding hydrogens is 361 g/mol. The number of benzene rings is 1. The van der Waals surface area contributed by atoms with Gasteiger partial charge in [-0.15, -0.1) is 0 Å². The summed E-state index contributed by atoms with van der Waals surface area (Å²) in [6.07, 6.45) is 0.0172. The summed E-state index contributed by atoms with van der Waals surface area (Å²) in [7, 11) is -2.50. The topological polar surface area (TPSA) is 99.6 Å². The Morgan fingerprint density at radius 1 is 1.42 bits per heavy atom. The average Bonchev–Trinajstić information content (AvgIpc) is 2.94. The Labute approximate surface area is 151 Å². The summed E-state index contributed by atoms with van der Waals surface area (Å²) in [5.41, 5.74) is 0.938. The van der Waals surface area contributed by atoms with Crippen LogP contribution in [0.1, 0.15) is 31.2 Å². The third-order valence-corrected chi connectivity index (χ3v) is 6.57. The molecular formula is C17H22FN3O4S. The van der Waals surface area contributed by atoms with Gasteiger partial charge in [-0.3, -0.25) is 14.5 Å². The number of hydrogen-bond donors (Lipinski definition) is 2. The molecule has 1 aromatic rings. The van der Waals surface area contributed by atoms with E-state index in [-0.39, 0.29) is 24.9 Å². The van der Waals surface area contributed by atoms with Crippen molar-refractivity contribution in [2.75, 3.05) is 29.5 Å². The molecule has 2 fully saturated rings. The van der Waals surface area contributed by atoms with Crippen LogP contribution < -0.4 is 10.2 Å². The van der Waals surface area contributed by atoms with Gasteiger partial charge in [-0.1, -0.05) is 6.07 Å². The number of cyclic esters (lactones) is 1. The first-order valence-electron chi connectivity index (χ1n) is 8.51. The van der Waals surface area contributed by atoms with Crippen LogP contribution in [0, 0.1) is 10.6 Å². The number of carbonyl (C=O) groups is 2. The van der Waals surface area contributed by atoms with Crippen molar-refractivity contribution >= 4 is 27.4 Å². The summed E-state index contributed by atoms with van der Waals surface area (Å²) in [6.45, 7) is 1.84. The van der Waals surface area contributed by atoms with E-state index in [1.165, 1.54) is 17.9 Å². The van der Waals surface area contributed by atoms with Gasteiger partial charge in [0, 0.05) is 28.2 Å². The number of carbonyl (C=O) groups excluding carboxylic acids is 2. The van der Waals surface area contributed by atoms with Gasteiger partial charge in [-0.2, -0.15) is 0 Å². The summed E-state index contributed by atoms with van der Waals surface area (Å²) in [5, 5.41) is 2.59. The van der Waals surface area contributed by atoms with E-state index in [0.29, 0.717) is 35.6 Å². The highest BCUT2D eigenvalue weighted by Gasteiger charge is 2.33. The number of nitrogens with one attached hydrogen (secondary N) is 2. The Kier molecular flexibility index (Phi) is 5.17. The van der Waals surface area contributed by atoms with E-state index < -0.39 is 27.7 Å². The second-order valence-electron chi connectivity index (χ2n) is 6.75. The molecule has 0 bridgehead atoms. The number of halogens is 1. The van der Waals surface area contributed by atoms with Crippen LogP contribution in [0.25, 0.3) is 0 Å². The second kappa shape index (κ2) is 7.22. The van der Waals surface area contributed by atoms with Crippen LogP contribution >= 0.6 is 0 Å². The minimum atomic E-state index is -2.50. The lowest BCUT2D eigenvalue weighted by Gasteiger charge is -2.25. The lowest BCUT2D eigenvalue weighted by atomic mass is 9.93. The molecule has 0 saturated carbocycles. The van der Waals surface area contributed by atoms with Gasteiger partial charge in [-0.05, 0) is 36.5 Å². The molecule has 1 aromatic carbocycles. The van der Waals surface area contributed by atoms with E-state index in [4.69, 9.17) is 9.52 Å². The van der Waals surface area contributed by atoms with Crippen LogP contribution in [0.3, 0.4) is 0 Å². The van der Waals surface area contributed by atoms with Crippen molar-refractivity contribution < 1.29 is 22.9 Å². The molecule has 2 saturated heterocycles. The molecule has 0 spiro atoms. The number of ether oxygens (including phenoxy) is 1. The predicted molar refractivity (Wildman–Crippen MR) is 95.3 cm³/mol. The number of anilines is 1. The zero-order valence-corrected chi connectivity index (χ0v) is 15.3. The third-order valence-electron chi connectivity index (χ3n) is 4.78. The van der Waals surface area contributed by atoms with Gasteiger partial charge < -0.3 is 10.1 Å². The maximum absolute atomic E-state index is 14.6. The van der Waals surface area contributed by atoms with Gasteiger partial charge in [0.15, 0.2) is 0 Å². The molecule has 26 heavy (non-hydrogen) atoms. The van der Waals surface area contributed by atoms with E-state index >= 15 is 0 Å². The first-order chi connectivity index (χ1) is 12.2. The molecule has 2 aliphatic heterocycles. The van der Waals surface area contributed by atoms with E-state index in [2.05, 4.69) is 5.32 Å². The van der Waals surface area contributed by atoms with Crippen LogP contribution in [0.15, 0.2) is 18.2 Å². The Hall–Kier alpha value is -2.16. The standard InChI is InChI=1S/C17H22FN3O4S/c1-11(22)20-9-14-10-21(17(23)25-14)13-2-3-15(16(18)8-13)12-4-6-26(19,24)7-5-12/h2-3,8,12,14,19H,4-7,9-10H2,1H3,(H,20,22)/t12?,14-,26?/m0/s1. The SMILES string of the molecule is CC(=O)NC[C@H]1CN(c2ccc(C3CCS(=N)(=O)CC3)c(F)c2)C(=O)O1. The van der Waals surface area contributed by atoms with Crippen molar-refractivity contribution in [3.05, 3.63) is 29.6 Å². The van der Waals surface area contributed by atoms with Crippen LogP contribution in [0.5, 0.6) is 0 Å². The maximum Gasteiger partial charge on any atom is 0.414 e. The van der Waals surface area contributed by atoms with E-state index in [1.54, 1.807) is 12.1 Å². The molecule has 2 aliphatic rings. The van der Waals surface area contributed by atoms with Crippen LogP contribution in [-0.2, 0) is 19.3 Å². The molecule has 0 unspecified atom stereocenters. The number of hydrogen-bond acceptors (Lipinski definition) is 5. The highest BCUT2D eigenvalue weighted by Crippen LogP contribution is 2.33. The van der Waals surface area contributed by atoms with E-state index in [9.17, 15) is 18.2 Å². The lowest BCUT2D eigenvalue weighted by Crippen LogP contribution is -2.33. The zero-order valence-electron chi connectivity index (χ0n) is 14.5. The van der Waals surface area contributed by atoms with Crippen molar-refractivity contribution in [2.45, 2.75) is 31.8 Å². The van der Waals surface area contributed by atoms with Gasteiger partial charge in [0.25, 0.3) is 0 Å². The van der Waals surface area contributed by atoms with Gasteiger partial charge in [0.2, 0.25) is 5.91 Å². The molecule has 142 valence electrons. The summed E-state index contributed by atoms with van der Waals surface area (Å²) in [6, 6.07) is 4.64. The first kappa shape index (κ1) is 18.6. The fraction of sp³-hybridized carbons (Fsp3) is 0.529. The summed E-state index contributed by atoms with van der Waals surface area (Å²) >= 11 is 0. The third kappa shape index (κ3) is 4.14. The number of nitrogens with zero attached hydrogens (tertiary/aromatic N) is 1. The molecule has 2 N–H and O–H groups in total. The van der Waals surface area contributed by atoms with Gasteiger partial charge in [0.1, 0.15) is 11.9 Å². The van der Waals surface area contributed by atoms with Crippen molar-refractivity contribution in [2.24, 2.45) is 0 Å². The van der Waals surface area contributed by atoms with E-state index in [1.807, 2.05) is 0 Å². The van der Waals surface area contributed by atoms with Crippen LogP contribution in [-0.4, -0.2) is 46.9 Å². The molecule has 0 aromatic heterocycles. The Balaban J connectivity index is 1.69. The Morgan fingerprint density at radius 2 is 2.12 bits per heavy atom. The highest BCUT2D eigenvalue weighted by atomic mass is 32.2. The average molecular weight is 383 g/mol. The molecule has 1 atom stereocenters. The largest absolute Gasteiger partial charge is 0.442 e. The van der Waals surface area contributed by atoms with Crippen molar-refractivity contribution in [3.8, 4) is 0 Å². The van der Waals surface area contributed by atoms with Crippen LogP contribution in [0.2, 0.25) is 0 Å². The summed E-state index contributed by atoms with van der Waals surface area (Å²) in [5.74, 6) is -0.0883. The van der Waals surface area contributed by atoms with Crippen LogP contribution in [0.4, 0.5) is 14.9 Å². The second-order valence-corrected chi connectivity index (χ2v) is 9.19. The lowest BCUT2D eigenvalue weighted by molar-refractivity contribution is -0.119. The normalized spacial score (nSPS) is 28.7. The minimum absolute atomic E-state index is 0.0537. The van der Waals surface area contributed by atoms with Crippen molar-refractivity contribution in [1.82, 2.24) is 5.32 Å². The van der Waals surface area contributed by atoms with Gasteiger partial charge in [0.05, 0.1) is 18.8 Å². The summed E-state index contributed by atoms with van der Waals surface area (Å²) in [4.78, 5) is 24.3. The number of amides is 2. The van der Waals surface area contributed by atoms with E-state index in [0.717, 1.165) is 0 Å². The molecule has 7 nitrogen and oxygen atoms in total. The molecule has 2 heterocycles. The monoisotopic (exact) mass is 383 g/mol. The minimum Gasteiger partial charge on any atom is -0.442 e. The first-order valence-corrected chi connectivity index (χ1v) is 10.4. The fourth-order valence-electron chi connectivity index (χ4n) is 3.33. The zero-order chi connectivity index (χ0) is 18.9. The maximum atomic E-state index is 14.6. The van der Waals surface area contributed by atoms with Gasteiger partial charge >= 0.3 is 6.09 Å². The molecule has 9 heteroatoms. The Morgan fingerprint density at radius 3 is 2.73 bits per heavy atom. The Bertz CT molecular complexity index is 813. The number of rotatable bonds is 4. The molecule has 0 aliphatic carbocycles. The molecule has 2 amide bonds. The quantitative estimate of drug-likeness (QED) is 0.833.